The van der Waals surface area contributed by atoms with Gasteiger partial charge in [-0.3, -0.25) is 19.5 Å². The van der Waals surface area contributed by atoms with Gasteiger partial charge in [0.15, 0.2) is 5.58 Å². The average Bonchev–Trinajstić information content (AvgIpc) is 2.94. The van der Waals surface area contributed by atoms with E-state index >= 15 is 0 Å². The number of amides is 1. The van der Waals surface area contributed by atoms with E-state index in [0.717, 1.165) is 16.2 Å². The molecule has 0 saturated heterocycles. The SMILES string of the molecule is COc1cccc(CNC(=O)Cn2c(=O)oc3cc([N+](=O)[O-])ccc32)c1. The number of benzene rings is 2. The Labute approximate surface area is 146 Å². The number of carbonyl (C=O) groups excluding carboxylic acids is 1. The molecule has 3 rings (SSSR count). The number of nitro benzene ring substituents is 1. The van der Waals surface area contributed by atoms with Crippen molar-refractivity contribution in [3.05, 3.63) is 68.7 Å². The fraction of sp³-hybridized carbons (Fsp3) is 0.176. The zero-order chi connectivity index (χ0) is 18.7. The number of ether oxygens (including phenoxy) is 1. The van der Waals surface area contributed by atoms with Crippen LogP contribution in [0, 0.1) is 10.1 Å². The topological polar surface area (TPSA) is 117 Å². The number of fused-ring (bicyclic) bond motifs is 1. The molecule has 0 spiro atoms. The van der Waals surface area contributed by atoms with Crippen LogP contribution in [0.3, 0.4) is 0 Å². The second kappa shape index (κ2) is 7.09. The number of methoxy groups -OCH3 is 1. The Bertz CT molecular complexity index is 1040. The molecule has 9 heteroatoms. The third-order valence-electron chi connectivity index (χ3n) is 3.79. The zero-order valence-electron chi connectivity index (χ0n) is 13.8. The van der Waals surface area contributed by atoms with Gasteiger partial charge in [0.2, 0.25) is 5.91 Å². The highest BCUT2D eigenvalue weighted by Gasteiger charge is 2.16. The van der Waals surface area contributed by atoms with Gasteiger partial charge in [-0.15, -0.1) is 0 Å². The molecule has 0 bridgehead atoms. The van der Waals surface area contributed by atoms with E-state index in [9.17, 15) is 19.7 Å². The van der Waals surface area contributed by atoms with Crippen molar-refractivity contribution < 1.29 is 18.9 Å². The van der Waals surface area contributed by atoms with Gasteiger partial charge in [0.05, 0.1) is 23.6 Å². The number of nitrogens with zero attached hydrogens (tertiary/aromatic N) is 2. The van der Waals surface area contributed by atoms with Gasteiger partial charge in [-0.25, -0.2) is 4.79 Å². The van der Waals surface area contributed by atoms with Gasteiger partial charge in [-0.2, -0.15) is 0 Å². The summed E-state index contributed by atoms with van der Waals surface area (Å²) in [7, 11) is 1.55. The van der Waals surface area contributed by atoms with Crippen LogP contribution in [0.4, 0.5) is 5.69 Å². The lowest BCUT2D eigenvalue weighted by molar-refractivity contribution is -0.384. The number of oxazole rings is 1. The lowest BCUT2D eigenvalue weighted by Crippen LogP contribution is -2.30. The second-order valence-corrected chi connectivity index (χ2v) is 5.49. The normalized spacial score (nSPS) is 10.7. The summed E-state index contributed by atoms with van der Waals surface area (Å²) in [6, 6.07) is 11.0. The summed E-state index contributed by atoms with van der Waals surface area (Å²) in [5, 5.41) is 13.5. The molecule has 1 amide bonds. The van der Waals surface area contributed by atoms with Crippen LogP contribution >= 0.6 is 0 Å². The van der Waals surface area contributed by atoms with Crippen LogP contribution in [-0.2, 0) is 17.9 Å². The van der Waals surface area contributed by atoms with Crippen molar-refractivity contribution in [1.82, 2.24) is 9.88 Å². The van der Waals surface area contributed by atoms with E-state index in [1.165, 1.54) is 12.1 Å². The second-order valence-electron chi connectivity index (χ2n) is 5.49. The highest BCUT2D eigenvalue weighted by Crippen LogP contribution is 2.20. The number of carbonyl (C=O) groups is 1. The van der Waals surface area contributed by atoms with Gasteiger partial charge >= 0.3 is 5.76 Å². The van der Waals surface area contributed by atoms with Crippen LogP contribution in [0.15, 0.2) is 51.7 Å². The summed E-state index contributed by atoms with van der Waals surface area (Å²) in [5.41, 5.74) is 1.03. The number of rotatable bonds is 6. The molecule has 0 unspecified atom stereocenters. The number of hydrogen-bond acceptors (Lipinski definition) is 6. The van der Waals surface area contributed by atoms with Crippen molar-refractivity contribution in [3.8, 4) is 5.75 Å². The Balaban J connectivity index is 1.73. The van der Waals surface area contributed by atoms with E-state index in [2.05, 4.69) is 5.32 Å². The molecule has 3 aromatic rings. The predicted octanol–water partition coefficient (Wildman–Crippen LogP) is 1.83. The van der Waals surface area contributed by atoms with Crippen LogP contribution in [0.1, 0.15) is 5.56 Å². The molecule has 1 N–H and O–H groups in total. The highest BCUT2D eigenvalue weighted by atomic mass is 16.6. The average molecular weight is 357 g/mol. The summed E-state index contributed by atoms with van der Waals surface area (Å²) in [4.78, 5) is 34.3. The van der Waals surface area contributed by atoms with Gasteiger partial charge in [-0.1, -0.05) is 12.1 Å². The van der Waals surface area contributed by atoms with Crippen LogP contribution in [0.2, 0.25) is 0 Å². The molecule has 134 valence electrons. The van der Waals surface area contributed by atoms with E-state index in [0.29, 0.717) is 11.3 Å². The molecular formula is C17H15N3O6. The summed E-state index contributed by atoms with van der Waals surface area (Å²) in [6.45, 7) is 0.0135. The summed E-state index contributed by atoms with van der Waals surface area (Å²) in [5.74, 6) is -0.469. The fourth-order valence-corrected chi connectivity index (χ4v) is 2.50. The Morgan fingerprint density at radius 1 is 1.31 bits per heavy atom. The molecule has 2 aromatic carbocycles. The maximum absolute atomic E-state index is 12.2. The van der Waals surface area contributed by atoms with Gasteiger partial charge in [-0.05, 0) is 23.8 Å². The van der Waals surface area contributed by atoms with Crippen molar-refractivity contribution in [2.45, 2.75) is 13.1 Å². The van der Waals surface area contributed by atoms with Gasteiger partial charge in [0.25, 0.3) is 5.69 Å². The number of nitro groups is 1. The molecular weight excluding hydrogens is 342 g/mol. The Kier molecular flexibility index (Phi) is 4.70. The maximum atomic E-state index is 12.2. The number of aromatic nitrogens is 1. The molecule has 0 saturated carbocycles. The lowest BCUT2D eigenvalue weighted by atomic mass is 10.2. The molecule has 0 radical (unpaired) electrons. The van der Waals surface area contributed by atoms with E-state index < -0.39 is 16.6 Å². The van der Waals surface area contributed by atoms with Crippen LogP contribution in [-0.4, -0.2) is 22.5 Å². The monoisotopic (exact) mass is 357 g/mol. The lowest BCUT2D eigenvalue weighted by Gasteiger charge is -2.07. The zero-order valence-corrected chi connectivity index (χ0v) is 13.8. The van der Waals surface area contributed by atoms with Crippen molar-refractivity contribution in [3.63, 3.8) is 0 Å². The van der Waals surface area contributed by atoms with Gasteiger partial charge in [0, 0.05) is 12.6 Å². The third kappa shape index (κ3) is 3.56. The van der Waals surface area contributed by atoms with E-state index in [4.69, 9.17) is 9.15 Å². The minimum atomic E-state index is -0.753. The van der Waals surface area contributed by atoms with Gasteiger partial charge < -0.3 is 14.5 Å². The van der Waals surface area contributed by atoms with E-state index in [-0.39, 0.29) is 24.4 Å². The van der Waals surface area contributed by atoms with Crippen molar-refractivity contribution in [2.24, 2.45) is 0 Å². The quantitative estimate of drug-likeness (QED) is 0.531. The molecule has 26 heavy (non-hydrogen) atoms. The first-order valence-electron chi connectivity index (χ1n) is 7.65. The molecule has 0 aliphatic carbocycles. The van der Waals surface area contributed by atoms with E-state index in [1.807, 2.05) is 6.07 Å². The molecule has 0 aliphatic heterocycles. The Hall–Kier alpha value is -3.62. The van der Waals surface area contributed by atoms with Crippen molar-refractivity contribution >= 4 is 22.7 Å². The molecule has 9 nitrogen and oxygen atoms in total. The van der Waals surface area contributed by atoms with Crippen LogP contribution < -0.4 is 15.8 Å². The van der Waals surface area contributed by atoms with Gasteiger partial charge in [0.1, 0.15) is 12.3 Å². The summed E-state index contributed by atoms with van der Waals surface area (Å²) < 4.78 is 11.2. The van der Waals surface area contributed by atoms with Crippen LogP contribution in [0.5, 0.6) is 5.75 Å². The Morgan fingerprint density at radius 3 is 2.85 bits per heavy atom. The molecule has 0 aliphatic rings. The minimum absolute atomic E-state index is 0.0600. The first-order valence-corrected chi connectivity index (χ1v) is 7.65. The number of nitrogens with one attached hydrogen (secondary N) is 1. The first kappa shape index (κ1) is 17.2. The fourth-order valence-electron chi connectivity index (χ4n) is 2.50. The first-order chi connectivity index (χ1) is 12.5. The molecule has 0 atom stereocenters. The third-order valence-corrected chi connectivity index (χ3v) is 3.79. The predicted molar refractivity (Wildman–Crippen MR) is 92.0 cm³/mol. The minimum Gasteiger partial charge on any atom is -0.497 e. The maximum Gasteiger partial charge on any atom is 0.420 e. The van der Waals surface area contributed by atoms with Crippen molar-refractivity contribution in [1.29, 1.82) is 0 Å². The van der Waals surface area contributed by atoms with Crippen molar-refractivity contribution in [2.75, 3.05) is 7.11 Å². The van der Waals surface area contributed by atoms with Crippen LogP contribution in [0.25, 0.3) is 11.1 Å². The molecule has 1 aromatic heterocycles. The highest BCUT2D eigenvalue weighted by molar-refractivity contribution is 5.80. The largest absolute Gasteiger partial charge is 0.497 e. The Morgan fingerprint density at radius 2 is 2.12 bits per heavy atom. The smallest absolute Gasteiger partial charge is 0.420 e. The molecule has 1 heterocycles. The summed E-state index contributed by atoms with van der Waals surface area (Å²) >= 11 is 0. The number of non-ortho nitro benzene ring substituents is 1. The standard InChI is InChI=1S/C17H15N3O6/c1-25-13-4-2-3-11(7-13)9-18-16(21)10-19-14-6-5-12(20(23)24)8-15(14)26-17(19)22/h2-8H,9-10H2,1H3,(H,18,21). The summed E-state index contributed by atoms with van der Waals surface area (Å²) in [6.07, 6.45) is 0. The van der Waals surface area contributed by atoms with E-state index in [1.54, 1.807) is 25.3 Å². The number of hydrogen-bond donors (Lipinski definition) is 1. The molecule has 0 fully saturated rings.